The van der Waals surface area contributed by atoms with Gasteiger partial charge in [0.1, 0.15) is 11.5 Å². The molecule has 0 saturated carbocycles. The highest BCUT2D eigenvalue weighted by atomic mass is 16.5. The molecule has 0 saturated heterocycles. The third-order valence-electron chi connectivity index (χ3n) is 3.51. The maximum absolute atomic E-state index is 12.2. The fraction of sp³-hybridized carbons (Fsp3) is 0.167. The van der Waals surface area contributed by atoms with Gasteiger partial charge >= 0.3 is 0 Å². The van der Waals surface area contributed by atoms with E-state index in [9.17, 15) is 4.79 Å². The lowest BCUT2D eigenvalue weighted by Crippen LogP contribution is -2.03. The van der Waals surface area contributed by atoms with Crippen LogP contribution in [-0.4, -0.2) is 19.6 Å². The van der Waals surface area contributed by atoms with Gasteiger partial charge in [0.25, 0.3) is 5.91 Å². The summed E-state index contributed by atoms with van der Waals surface area (Å²) in [5.74, 6) is 1.45. The molecule has 2 aromatic carbocycles. The van der Waals surface area contributed by atoms with Crippen molar-refractivity contribution in [3.8, 4) is 11.5 Å². The SMILES string of the molecule is CCOc1ccc(/C=C2/C(=O)Nc3ccc(OC)cc32)cc1. The van der Waals surface area contributed by atoms with E-state index in [0.717, 1.165) is 28.3 Å². The largest absolute Gasteiger partial charge is 0.497 e. The lowest BCUT2D eigenvalue weighted by atomic mass is 10.0. The molecular weight excluding hydrogens is 278 g/mol. The Morgan fingerprint density at radius 3 is 2.50 bits per heavy atom. The number of carbonyl (C=O) groups excluding carboxylic acids is 1. The minimum atomic E-state index is -0.0999. The molecule has 1 aliphatic heterocycles. The number of fused-ring (bicyclic) bond motifs is 1. The number of hydrogen-bond acceptors (Lipinski definition) is 3. The van der Waals surface area contributed by atoms with Crippen LogP contribution in [0.25, 0.3) is 11.6 Å². The number of anilines is 1. The van der Waals surface area contributed by atoms with Crippen molar-refractivity contribution in [2.45, 2.75) is 6.92 Å². The summed E-state index contributed by atoms with van der Waals surface area (Å²) in [5, 5.41) is 2.86. The van der Waals surface area contributed by atoms with E-state index in [2.05, 4.69) is 5.32 Å². The van der Waals surface area contributed by atoms with Crippen molar-refractivity contribution in [3.63, 3.8) is 0 Å². The Bertz CT molecular complexity index is 732. The Hall–Kier alpha value is -2.75. The first-order chi connectivity index (χ1) is 10.7. The van der Waals surface area contributed by atoms with Crippen LogP contribution in [0, 0.1) is 0 Å². The average molecular weight is 295 g/mol. The van der Waals surface area contributed by atoms with Crippen molar-refractivity contribution >= 4 is 23.2 Å². The molecule has 1 N–H and O–H groups in total. The molecule has 3 rings (SSSR count). The van der Waals surface area contributed by atoms with Gasteiger partial charge in [-0.25, -0.2) is 0 Å². The van der Waals surface area contributed by atoms with Crippen LogP contribution in [0.4, 0.5) is 5.69 Å². The normalized spacial score (nSPS) is 14.6. The monoisotopic (exact) mass is 295 g/mol. The molecule has 1 aliphatic rings. The van der Waals surface area contributed by atoms with Crippen LogP contribution in [-0.2, 0) is 4.79 Å². The van der Waals surface area contributed by atoms with Crippen molar-refractivity contribution in [2.75, 3.05) is 19.0 Å². The van der Waals surface area contributed by atoms with Gasteiger partial charge in [-0.1, -0.05) is 12.1 Å². The van der Waals surface area contributed by atoms with Crippen LogP contribution in [0.5, 0.6) is 11.5 Å². The molecule has 4 nitrogen and oxygen atoms in total. The van der Waals surface area contributed by atoms with Gasteiger partial charge < -0.3 is 14.8 Å². The fourth-order valence-electron chi connectivity index (χ4n) is 2.43. The molecule has 0 aliphatic carbocycles. The van der Waals surface area contributed by atoms with Crippen LogP contribution in [0.2, 0.25) is 0 Å². The summed E-state index contributed by atoms with van der Waals surface area (Å²) in [6.45, 7) is 2.58. The van der Waals surface area contributed by atoms with E-state index in [0.29, 0.717) is 12.2 Å². The fourth-order valence-corrected chi connectivity index (χ4v) is 2.43. The van der Waals surface area contributed by atoms with Gasteiger partial charge in [0.15, 0.2) is 0 Å². The first-order valence-corrected chi connectivity index (χ1v) is 7.15. The van der Waals surface area contributed by atoms with Crippen molar-refractivity contribution in [1.82, 2.24) is 0 Å². The molecule has 0 unspecified atom stereocenters. The van der Waals surface area contributed by atoms with Crippen molar-refractivity contribution in [1.29, 1.82) is 0 Å². The van der Waals surface area contributed by atoms with E-state index in [1.165, 1.54) is 0 Å². The van der Waals surface area contributed by atoms with E-state index < -0.39 is 0 Å². The third-order valence-corrected chi connectivity index (χ3v) is 3.51. The first-order valence-electron chi connectivity index (χ1n) is 7.15. The molecule has 0 atom stereocenters. The van der Waals surface area contributed by atoms with Crippen LogP contribution < -0.4 is 14.8 Å². The Balaban J connectivity index is 1.96. The Morgan fingerprint density at radius 2 is 1.82 bits per heavy atom. The summed E-state index contributed by atoms with van der Waals surface area (Å²) < 4.78 is 10.7. The third kappa shape index (κ3) is 2.68. The number of hydrogen-bond donors (Lipinski definition) is 1. The summed E-state index contributed by atoms with van der Waals surface area (Å²) in [7, 11) is 1.61. The number of carbonyl (C=O) groups is 1. The number of amides is 1. The summed E-state index contributed by atoms with van der Waals surface area (Å²) >= 11 is 0. The zero-order valence-corrected chi connectivity index (χ0v) is 12.6. The molecule has 0 fully saturated rings. The topological polar surface area (TPSA) is 47.6 Å². The van der Waals surface area contributed by atoms with Crippen LogP contribution >= 0.6 is 0 Å². The summed E-state index contributed by atoms with van der Waals surface area (Å²) in [6, 6.07) is 13.2. The number of benzene rings is 2. The lowest BCUT2D eigenvalue weighted by Gasteiger charge is -2.04. The molecule has 1 amide bonds. The highest BCUT2D eigenvalue weighted by Crippen LogP contribution is 2.35. The highest BCUT2D eigenvalue weighted by Gasteiger charge is 2.24. The molecule has 0 spiro atoms. The van der Waals surface area contributed by atoms with E-state index >= 15 is 0 Å². The standard InChI is InChI=1S/C18H17NO3/c1-3-22-13-6-4-12(5-7-13)10-16-15-11-14(21-2)8-9-17(15)19-18(16)20/h4-11H,3H2,1-2H3,(H,19,20)/b16-10+. The summed E-state index contributed by atoms with van der Waals surface area (Å²) in [6.07, 6.45) is 1.87. The maximum atomic E-state index is 12.2. The molecule has 22 heavy (non-hydrogen) atoms. The molecule has 2 aromatic rings. The number of nitrogens with one attached hydrogen (secondary N) is 1. The predicted molar refractivity (Wildman–Crippen MR) is 87.1 cm³/mol. The van der Waals surface area contributed by atoms with Gasteiger partial charge in [-0.05, 0) is 48.9 Å². The zero-order chi connectivity index (χ0) is 15.5. The Morgan fingerprint density at radius 1 is 1.09 bits per heavy atom. The van der Waals surface area contributed by atoms with E-state index in [1.807, 2.05) is 55.5 Å². The molecule has 112 valence electrons. The number of methoxy groups -OCH3 is 1. The second kappa shape index (κ2) is 5.93. The second-order valence-corrected chi connectivity index (χ2v) is 4.93. The number of ether oxygens (including phenoxy) is 2. The minimum absolute atomic E-state index is 0.0999. The molecule has 0 aromatic heterocycles. The first kappa shape index (κ1) is 14.2. The summed E-state index contributed by atoms with van der Waals surface area (Å²) in [5.41, 5.74) is 3.25. The van der Waals surface area contributed by atoms with Gasteiger partial charge in [-0.2, -0.15) is 0 Å². The maximum Gasteiger partial charge on any atom is 0.256 e. The highest BCUT2D eigenvalue weighted by molar-refractivity contribution is 6.35. The van der Waals surface area contributed by atoms with Gasteiger partial charge in [0, 0.05) is 16.8 Å². The van der Waals surface area contributed by atoms with Crippen LogP contribution in [0.15, 0.2) is 42.5 Å². The van der Waals surface area contributed by atoms with Crippen LogP contribution in [0.3, 0.4) is 0 Å². The predicted octanol–water partition coefficient (Wildman–Crippen LogP) is 3.59. The molecule has 1 heterocycles. The number of rotatable bonds is 4. The van der Waals surface area contributed by atoms with Crippen molar-refractivity contribution < 1.29 is 14.3 Å². The van der Waals surface area contributed by atoms with E-state index in [1.54, 1.807) is 7.11 Å². The van der Waals surface area contributed by atoms with E-state index in [-0.39, 0.29) is 5.91 Å². The van der Waals surface area contributed by atoms with Gasteiger partial charge in [0.2, 0.25) is 0 Å². The summed E-state index contributed by atoms with van der Waals surface area (Å²) in [4.78, 5) is 12.2. The quantitative estimate of drug-likeness (QED) is 0.877. The van der Waals surface area contributed by atoms with Gasteiger partial charge in [-0.15, -0.1) is 0 Å². The van der Waals surface area contributed by atoms with Crippen molar-refractivity contribution in [2.24, 2.45) is 0 Å². The Kier molecular flexibility index (Phi) is 3.83. The van der Waals surface area contributed by atoms with E-state index in [4.69, 9.17) is 9.47 Å². The molecule has 0 bridgehead atoms. The van der Waals surface area contributed by atoms with Gasteiger partial charge in [-0.3, -0.25) is 4.79 Å². The second-order valence-electron chi connectivity index (χ2n) is 4.93. The van der Waals surface area contributed by atoms with Gasteiger partial charge in [0.05, 0.1) is 13.7 Å². The zero-order valence-electron chi connectivity index (χ0n) is 12.6. The van der Waals surface area contributed by atoms with Crippen LogP contribution in [0.1, 0.15) is 18.1 Å². The smallest absolute Gasteiger partial charge is 0.256 e. The lowest BCUT2D eigenvalue weighted by molar-refractivity contribution is -0.110. The Labute approximate surface area is 129 Å². The molecular formula is C18H17NO3. The van der Waals surface area contributed by atoms with Crippen molar-refractivity contribution in [3.05, 3.63) is 53.6 Å². The molecule has 0 radical (unpaired) electrons. The molecule has 4 heteroatoms. The average Bonchev–Trinajstić information content (AvgIpc) is 2.84. The minimum Gasteiger partial charge on any atom is -0.497 e.